The van der Waals surface area contributed by atoms with Crippen molar-refractivity contribution in [1.82, 2.24) is 25.6 Å². The maximum atomic E-state index is 11.8. The molecule has 1 amide bonds. The molecule has 6 nitrogen and oxygen atoms in total. The molecule has 2 aromatic heterocycles. The molecule has 0 bridgehead atoms. The standard InChI is InChI=1S/C13H19N5OS/c1-2-14-8-11-9-18(17-16-11)10-13(19)15-6-5-12-4-3-7-20-12/h3-4,7,9,14H,2,5-6,8,10H2,1H3,(H,15,19). The first kappa shape index (κ1) is 14.7. The van der Waals surface area contributed by atoms with Gasteiger partial charge in [0.2, 0.25) is 5.91 Å². The summed E-state index contributed by atoms with van der Waals surface area (Å²) in [4.78, 5) is 13.0. The summed E-state index contributed by atoms with van der Waals surface area (Å²) in [5, 5.41) is 16.0. The number of carbonyl (C=O) groups excluding carboxylic acids is 1. The molecule has 0 fully saturated rings. The summed E-state index contributed by atoms with van der Waals surface area (Å²) < 4.78 is 1.56. The van der Waals surface area contributed by atoms with Gasteiger partial charge in [-0.05, 0) is 24.4 Å². The second kappa shape index (κ2) is 7.76. The van der Waals surface area contributed by atoms with Crippen molar-refractivity contribution in [3.63, 3.8) is 0 Å². The Morgan fingerprint density at radius 3 is 3.15 bits per heavy atom. The van der Waals surface area contributed by atoms with Crippen LogP contribution in [-0.2, 0) is 24.3 Å². The highest BCUT2D eigenvalue weighted by Gasteiger charge is 2.05. The molecular formula is C13H19N5OS. The van der Waals surface area contributed by atoms with Crippen molar-refractivity contribution >= 4 is 17.2 Å². The Morgan fingerprint density at radius 1 is 1.50 bits per heavy atom. The van der Waals surface area contributed by atoms with Crippen LogP contribution in [0.4, 0.5) is 0 Å². The van der Waals surface area contributed by atoms with E-state index in [2.05, 4.69) is 27.0 Å². The van der Waals surface area contributed by atoms with Crippen molar-refractivity contribution in [2.45, 2.75) is 26.4 Å². The highest BCUT2D eigenvalue weighted by molar-refractivity contribution is 7.09. The maximum absolute atomic E-state index is 11.8. The van der Waals surface area contributed by atoms with E-state index in [1.54, 1.807) is 22.2 Å². The zero-order chi connectivity index (χ0) is 14.2. The van der Waals surface area contributed by atoms with E-state index >= 15 is 0 Å². The van der Waals surface area contributed by atoms with Crippen LogP contribution in [0.1, 0.15) is 17.5 Å². The predicted molar refractivity (Wildman–Crippen MR) is 78.4 cm³/mol. The molecule has 2 rings (SSSR count). The smallest absolute Gasteiger partial charge is 0.241 e. The van der Waals surface area contributed by atoms with Gasteiger partial charge in [0.25, 0.3) is 0 Å². The lowest BCUT2D eigenvalue weighted by Crippen LogP contribution is -2.29. The van der Waals surface area contributed by atoms with Crippen LogP contribution in [0, 0.1) is 0 Å². The van der Waals surface area contributed by atoms with Crippen molar-refractivity contribution in [3.05, 3.63) is 34.3 Å². The number of hydrogen-bond acceptors (Lipinski definition) is 5. The molecule has 0 aliphatic heterocycles. The molecule has 2 N–H and O–H groups in total. The van der Waals surface area contributed by atoms with Crippen molar-refractivity contribution in [3.8, 4) is 0 Å². The van der Waals surface area contributed by atoms with Crippen molar-refractivity contribution in [1.29, 1.82) is 0 Å². The van der Waals surface area contributed by atoms with Gasteiger partial charge in [0.05, 0.1) is 11.9 Å². The van der Waals surface area contributed by atoms with Crippen molar-refractivity contribution in [2.75, 3.05) is 13.1 Å². The number of rotatable bonds is 8. The van der Waals surface area contributed by atoms with E-state index in [1.807, 2.05) is 18.4 Å². The fourth-order valence-corrected chi connectivity index (χ4v) is 2.44. The van der Waals surface area contributed by atoms with Crippen molar-refractivity contribution < 1.29 is 4.79 Å². The minimum atomic E-state index is -0.0403. The van der Waals surface area contributed by atoms with Crippen LogP contribution >= 0.6 is 11.3 Å². The average molecular weight is 293 g/mol. The number of carbonyl (C=O) groups is 1. The SMILES string of the molecule is CCNCc1cn(CC(=O)NCCc2cccs2)nn1. The third-order valence-electron chi connectivity index (χ3n) is 2.72. The van der Waals surface area contributed by atoms with Gasteiger partial charge >= 0.3 is 0 Å². The van der Waals surface area contributed by atoms with Crippen LogP contribution in [0.15, 0.2) is 23.7 Å². The molecule has 7 heteroatoms. The van der Waals surface area contributed by atoms with E-state index < -0.39 is 0 Å². The van der Waals surface area contributed by atoms with Gasteiger partial charge in [-0.25, -0.2) is 4.68 Å². The van der Waals surface area contributed by atoms with Gasteiger partial charge in [-0.3, -0.25) is 4.79 Å². The summed E-state index contributed by atoms with van der Waals surface area (Å²) in [6, 6.07) is 4.09. The summed E-state index contributed by atoms with van der Waals surface area (Å²) in [6.45, 7) is 4.46. The Bertz CT molecular complexity index is 523. The molecule has 0 spiro atoms. The fraction of sp³-hybridized carbons (Fsp3) is 0.462. The zero-order valence-electron chi connectivity index (χ0n) is 11.5. The molecule has 2 heterocycles. The molecule has 0 aliphatic rings. The highest BCUT2D eigenvalue weighted by atomic mass is 32.1. The molecule has 20 heavy (non-hydrogen) atoms. The fourth-order valence-electron chi connectivity index (χ4n) is 1.73. The van der Waals surface area contributed by atoms with E-state index in [-0.39, 0.29) is 12.5 Å². The average Bonchev–Trinajstić information content (AvgIpc) is 3.08. The monoisotopic (exact) mass is 293 g/mol. The van der Waals surface area contributed by atoms with Crippen LogP contribution in [-0.4, -0.2) is 34.0 Å². The minimum Gasteiger partial charge on any atom is -0.354 e. The second-order valence-electron chi connectivity index (χ2n) is 4.37. The van der Waals surface area contributed by atoms with Crippen LogP contribution in [0.25, 0.3) is 0 Å². The molecule has 0 atom stereocenters. The maximum Gasteiger partial charge on any atom is 0.241 e. The molecule has 108 valence electrons. The number of hydrogen-bond donors (Lipinski definition) is 2. The molecule has 0 radical (unpaired) electrons. The number of amides is 1. The Hall–Kier alpha value is -1.73. The van der Waals surface area contributed by atoms with E-state index in [4.69, 9.17) is 0 Å². The van der Waals surface area contributed by atoms with Gasteiger partial charge in [-0.2, -0.15) is 0 Å². The first-order valence-corrected chi connectivity index (χ1v) is 7.54. The molecule has 0 saturated heterocycles. The Kier molecular flexibility index (Phi) is 5.69. The first-order chi connectivity index (χ1) is 9.78. The number of nitrogens with one attached hydrogen (secondary N) is 2. The second-order valence-corrected chi connectivity index (χ2v) is 5.40. The summed E-state index contributed by atoms with van der Waals surface area (Å²) in [5.74, 6) is -0.0403. The summed E-state index contributed by atoms with van der Waals surface area (Å²) in [5.41, 5.74) is 0.846. The van der Waals surface area contributed by atoms with Gasteiger partial charge in [-0.1, -0.05) is 18.2 Å². The van der Waals surface area contributed by atoms with E-state index in [1.165, 1.54) is 4.88 Å². The highest BCUT2D eigenvalue weighted by Crippen LogP contribution is 2.07. The van der Waals surface area contributed by atoms with Gasteiger partial charge < -0.3 is 10.6 Å². The lowest BCUT2D eigenvalue weighted by molar-refractivity contribution is -0.121. The van der Waals surface area contributed by atoms with Gasteiger partial charge in [0, 0.05) is 18.0 Å². The van der Waals surface area contributed by atoms with E-state index in [9.17, 15) is 4.79 Å². The third kappa shape index (κ3) is 4.75. The van der Waals surface area contributed by atoms with Gasteiger partial charge in [-0.15, -0.1) is 16.4 Å². The predicted octanol–water partition coefficient (Wildman–Crippen LogP) is 0.808. The van der Waals surface area contributed by atoms with Crippen molar-refractivity contribution in [2.24, 2.45) is 0 Å². The van der Waals surface area contributed by atoms with Crippen LogP contribution < -0.4 is 10.6 Å². The lowest BCUT2D eigenvalue weighted by Gasteiger charge is -2.03. The molecule has 0 saturated carbocycles. The molecule has 0 aliphatic carbocycles. The quantitative estimate of drug-likeness (QED) is 0.755. The molecule has 2 aromatic rings. The molecule has 0 aromatic carbocycles. The Balaban J connectivity index is 1.69. The summed E-state index contributed by atoms with van der Waals surface area (Å²) in [7, 11) is 0. The normalized spacial score (nSPS) is 10.7. The van der Waals surface area contributed by atoms with Crippen LogP contribution in [0.2, 0.25) is 0 Å². The summed E-state index contributed by atoms with van der Waals surface area (Å²) in [6.07, 6.45) is 2.66. The minimum absolute atomic E-state index is 0.0403. The van der Waals surface area contributed by atoms with Crippen LogP contribution in [0.5, 0.6) is 0 Å². The van der Waals surface area contributed by atoms with E-state index in [0.717, 1.165) is 18.7 Å². The third-order valence-corrected chi connectivity index (χ3v) is 3.66. The number of thiophene rings is 1. The van der Waals surface area contributed by atoms with Gasteiger partial charge in [0.15, 0.2) is 0 Å². The lowest BCUT2D eigenvalue weighted by atomic mass is 10.3. The van der Waals surface area contributed by atoms with E-state index in [0.29, 0.717) is 13.1 Å². The van der Waals surface area contributed by atoms with Crippen LogP contribution in [0.3, 0.4) is 0 Å². The zero-order valence-corrected chi connectivity index (χ0v) is 12.3. The topological polar surface area (TPSA) is 71.8 Å². The molecule has 0 unspecified atom stereocenters. The van der Waals surface area contributed by atoms with Gasteiger partial charge in [0.1, 0.15) is 6.54 Å². The summed E-state index contributed by atoms with van der Waals surface area (Å²) >= 11 is 1.70. The number of aromatic nitrogens is 3. The Morgan fingerprint density at radius 2 is 2.40 bits per heavy atom. The Labute approximate surface area is 122 Å². The molecular weight excluding hydrogens is 274 g/mol. The number of nitrogens with zero attached hydrogens (tertiary/aromatic N) is 3. The largest absolute Gasteiger partial charge is 0.354 e. The first-order valence-electron chi connectivity index (χ1n) is 6.66.